The second-order valence-electron chi connectivity index (χ2n) is 1.90. The average molecular weight is 185 g/mol. The lowest BCUT2D eigenvalue weighted by atomic mass is 10.2. The number of nitrogens with zero attached hydrogens (tertiary/aromatic N) is 1. The van der Waals surface area contributed by atoms with E-state index in [-0.39, 0.29) is 11.6 Å². The molecule has 12 heavy (non-hydrogen) atoms. The van der Waals surface area contributed by atoms with Crippen molar-refractivity contribution in [1.29, 1.82) is 0 Å². The van der Waals surface area contributed by atoms with Gasteiger partial charge in [0.05, 0.1) is 17.6 Å². The van der Waals surface area contributed by atoms with Gasteiger partial charge in [-0.2, -0.15) is 5.10 Å². The summed E-state index contributed by atoms with van der Waals surface area (Å²) >= 11 is 5.30. The predicted molar refractivity (Wildman–Crippen MR) is 43.1 cm³/mol. The van der Waals surface area contributed by atoms with Gasteiger partial charge in [-0.05, 0) is 0 Å². The third kappa shape index (κ3) is 1.77. The van der Waals surface area contributed by atoms with Gasteiger partial charge in [-0.1, -0.05) is 11.8 Å². The summed E-state index contributed by atoms with van der Waals surface area (Å²) in [4.78, 5) is 10.5. The second kappa shape index (κ2) is 3.79. The molecule has 1 rings (SSSR count). The highest BCUT2D eigenvalue weighted by Gasteiger charge is 2.09. The zero-order chi connectivity index (χ0) is 8.97. The fourth-order valence-electron chi connectivity index (χ4n) is 0.673. The van der Waals surface area contributed by atoms with Crippen LogP contribution in [0.5, 0.6) is 0 Å². The second-order valence-corrected chi connectivity index (χ2v) is 2.17. The van der Waals surface area contributed by atoms with E-state index in [0.717, 1.165) is 0 Å². The number of hydrogen-bond donors (Lipinski definition) is 2. The number of H-pyrrole nitrogens is 1. The lowest BCUT2D eigenvalue weighted by Crippen LogP contribution is -1.98. The van der Waals surface area contributed by atoms with Crippen molar-refractivity contribution in [2.45, 2.75) is 0 Å². The molecule has 0 spiro atoms. The van der Waals surface area contributed by atoms with Crippen LogP contribution >= 0.6 is 11.6 Å². The van der Waals surface area contributed by atoms with Gasteiger partial charge in [-0.25, -0.2) is 4.79 Å². The van der Waals surface area contributed by atoms with Crippen molar-refractivity contribution >= 4 is 17.6 Å². The van der Waals surface area contributed by atoms with Crippen LogP contribution in [0.1, 0.15) is 16.1 Å². The number of carboxylic acids is 1. The standard InChI is InChI=1S/C7H5ClN2O2/c8-3-1-2-5-4-9-10-6(5)7(11)12/h4H,3H2,(H,9,10)(H,11,12). The number of carbonyl (C=O) groups is 1. The molecule has 0 aromatic carbocycles. The molecule has 0 aliphatic carbocycles. The van der Waals surface area contributed by atoms with Crippen molar-refractivity contribution in [1.82, 2.24) is 10.2 Å². The van der Waals surface area contributed by atoms with Crippen molar-refractivity contribution in [2.24, 2.45) is 0 Å². The molecule has 2 N–H and O–H groups in total. The van der Waals surface area contributed by atoms with Gasteiger partial charge in [0.2, 0.25) is 0 Å². The number of carboxylic acid groups (broad SMARTS) is 1. The van der Waals surface area contributed by atoms with E-state index < -0.39 is 5.97 Å². The Balaban J connectivity index is 2.99. The minimum atomic E-state index is -1.08. The quantitative estimate of drug-likeness (QED) is 0.499. The molecule has 0 aliphatic rings. The van der Waals surface area contributed by atoms with E-state index in [1.807, 2.05) is 0 Å². The summed E-state index contributed by atoms with van der Waals surface area (Å²) in [5.41, 5.74) is 0.343. The highest BCUT2D eigenvalue weighted by atomic mass is 35.5. The lowest BCUT2D eigenvalue weighted by Gasteiger charge is -1.86. The molecule has 1 aromatic rings. The van der Waals surface area contributed by atoms with Gasteiger partial charge in [-0.15, -0.1) is 11.6 Å². The van der Waals surface area contributed by atoms with Crippen molar-refractivity contribution in [3.05, 3.63) is 17.5 Å². The minimum Gasteiger partial charge on any atom is -0.476 e. The fraction of sp³-hybridized carbons (Fsp3) is 0.143. The van der Waals surface area contributed by atoms with Gasteiger partial charge < -0.3 is 5.11 Å². The van der Waals surface area contributed by atoms with Crippen LogP contribution in [0, 0.1) is 11.8 Å². The molecule has 5 heteroatoms. The van der Waals surface area contributed by atoms with E-state index in [9.17, 15) is 4.79 Å². The summed E-state index contributed by atoms with van der Waals surface area (Å²) in [5, 5.41) is 14.4. The van der Waals surface area contributed by atoms with Crippen molar-refractivity contribution in [2.75, 3.05) is 5.88 Å². The Morgan fingerprint density at radius 2 is 2.58 bits per heavy atom. The number of aromatic amines is 1. The van der Waals surface area contributed by atoms with Gasteiger partial charge in [0.1, 0.15) is 0 Å². The Morgan fingerprint density at radius 1 is 1.83 bits per heavy atom. The molecule has 0 fully saturated rings. The third-order valence-corrected chi connectivity index (χ3v) is 1.28. The van der Waals surface area contributed by atoms with Crippen LogP contribution < -0.4 is 0 Å². The van der Waals surface area contributed by atoms with E-state index in [2.05, 4.69) is 22.0 Å². The van der Waals surface area contributed by atoms with Gasteiger partial charge in [0, 0.05) is 0 Å². The van der Waals surface area contributed by atoms with Gasteiger partial charge in [0.15, 0.2) is 5.69 Å². The number of alkyl halides is 1. The van der Waals surface area contributed by atoms with Crippen LogP contribution in [0.15, 0.2) is 6.20 Å². The summed E-state index contributed by atoms with van der Waals surface area (Å²) in [6.07, 6.45) is 1.35. The maximum absolute atomic E-state index is 10.5. The summed E-state index contributed by atoms with van der Waals surface area (Å²) in [6, 6.07) is 0. The number of hydrogen-bond acceptors (Lipinski definition) is 2. The highest BCUT2D eigenvalue weighted by Crippen LogP contribution is 2.01. The largest absolute Gasteiger partial charge is 0.476 e. The molecule has 62 valence electrons. The first-order valence-electron chi connectivity index (χ1n) is 3.07. The van der Waals surface area contributed by atoms with Crippen LogP contribution in [-0.2, 0) is 0 Å². The van der Waals surface area contributed by atoms with Gasteiger partial charge >= 0.3 is 5.97 Å². The number of nitrogens with one attached hydrogen (secondary N) is 1. The number of aromatic carboxylic acids is 1. The first kappa shape index (κ1) is 8.62. The Labute approximate surface area is 73.5 Å². The summed E-state index contributed by atoms with van der Waals surface area (Å²) in [7, 11) is 0. The molecule has 0 atom stereocenters. The monoisotopic (exact) mass is 184 g/mol. The highest BCUT2D eigenvalue weighted by molar-refractivity contribution is 6.19. The summed E-state index contributed by atoms with van der Waals surface area (Å²) in [5.74, 6) is 4.20. The molecule has 0 amide bonds. The van der Waals surface area contributed by atoms with Crippen LogP contribution in [0.3, 0.4) is 0 Å². The van der Waals surface area contributed by atoms with Gasteiger partial charge in [-0.3, -0.25) is 5.10 Å². The fourth-order valence-corrected chi connectivity index (χ4v) is 0.739. The van der Waals surface area contributed by atoms with E-state index in [1.54, 1.807) is 0 Å². The maximum atomic E-state index is 10.5. The molecule has 0 unspecified atom stereocenters. The minimum absolute atomic E-state index is 0.00684. The zero-order valence-electron chi connectivity index (χ0n) is 5.97. The van der Waals surface area contributed by atoms with E-state index in [1.165, 1.54) is 6.20 Å². The first-order chi connectivity index (χ1) is 5.75. The first-order valence-corrected chi connectivity index (χ1v) is 3.60. The number of rotatable bonds is 1. The normalized spacial score (nSPS) is 8.75. The van der Waals surface area contributed by atoms with Crippen molar-refractivity contribution in [3.63, 3.8) is 0 Å². The smallest absolute Gasteiger partial charge is 0.355 e. The summed E-state index contributed by atoms with van der Waals surface area (Å²) < 4.78 is 0. The summed E-state index contributed by atoms with van der Waals surface area (Å²) in [6.45, 7) is 0. The van der Waals surface area contributed by atoms with Crippen LogP contribution in [0.4, 0.5) is 0 Å². The van der Waals surface area contributed by atoms with Crippen LogP contribution in [-0.4, -0.2) is 27.2 Å². The molecule has 0 bridgehead atoms. The molecular formula is C7H5ClN2O2. The van der Waals surface area contributed by atoms with Gasteiger partial charge in [0.25, 0.3) is 0 Å². The molecule has 0 saturated carbocycles. The molecule has 0 aliphatic heterocycles. The number of halogens is 1. The van der Waals surface area contributed by atoms with Crippen molar-refractivity contribution in [3.8, 4) is 11.8 Å². The van der Waals surface area contributed by atoms with E-state index >= 15 is 0 Å². The zero-order valence-corrected chi connectivity index (χ0v) is 6.72. The Hall–Kier alpha value is -1.47. The molecule has 1 aromatic heterocycles. The Kier molecular flexibility index (Phi) is 2.72. The maximum Gasteiger partial charge on any atom is 0.355 e. The number of aromatic nitrogens is 2. The van der Waals surface area contributed by atoms with Crippen LogP contribution in [0.25, 0.3) is 0 Å². The van der Waals surface area contributed by atoms with Crippen LogP contribution in [0.2, 0.25) is 0 Å². The lowest BCUT2D eigenvalue weighted by molar-refractivity contribution is 0.0690. The van der Waals surface area contributed by atoms with E-state index in [0.29, 0.717) is 5.56 Å². The Bertz CT molecular complexity index is 348. The topological polar surface area (TPSA) is 66.0 Å². The molecule has 0 radical (unpaired) electrons. The predicted octanol–water partition coefficient (Wildman–Crippen LogP) is 0.698. The van der Waals surface area contributed by atoms with Crippen molar-refractivity contribution < 1.29 is 9.90 Å². The SMILES string of the molecule is O=C(O)c1[nH]ncc1C#CCCl. The Morgan fingerprint density at radius 3 is 3.17 bits per heavy atom. The molecule has 0 saturated heterocycles. The molecule has 1 heterocycles. The third-order valence-electron chi connectivity index (χ3n) is 1.14. The molecular weight excluding hydrogens is 180 g/mol. The molecule has 4 nitrogen and oxygen atoms in total. The van der Waals surface area contributed by atoms with E-state index in [4.69, 9.17) is 16.7 Å². The average Bonchev–Trinajstić information content (AvgIpc) is 2.48.